The number of rotatable bonds is 3. The van der Waals surface area contributed by atoms with E-state index in [0.29, 0.717) is 27.7 Å². The van der Waals surface area contributed by atoms with E-state index in [9.17, 15) is 40.9 Å². The molecule has 0 fully saturated rings. The van der Waals surface area contributed by atoms with Crippen LogP contribution in [0, 0.1) is 0 Å². The summed E-state index contributed by atoms with van der Waals surface area (Å²) in [4.78, 5) is 0. The number of phenols is 8. The van der Waals surface area contributed by atoms with Crippen molar-refractivity contribution in [3.8, 4) is 79.4 Å². The number of benzene rings is 9. The molecule has 0 atom stereocenters. The van der Waals surface area contributed by atoms with Gasteiger partial charge in [0.1, 0.15) is 11.2 Å². The van der Waals surface area contributed by atoms with Gasteiger partial charge in [-0.25, -0.2) is 0 Å². The second-order valence-electron chi connectivity index (χ2n) is 13.7. The molecule has 9 heteroatoms. The fourth-order valence-electron chi connectivity index (χ4n) is 8.13. The van der Waals surface area contributed by atoms with E-state index in [1.807, 2.05) is 84.9 Å². The van der Waals surface area contributed by atoms with Gasteiger partial charge < -0.3 is 45.3 Å². The van der Waals surface area contributed by atoms with Crippen LogP contribution in [0.2, 0.25) is 0 Å². The smallest absolute Gasteiger partial charge is 0.204 e. The van der Waals surface area contributed by atoms with E-state index in [-0.39, 0.29) is 32.7 Å². The number of fused-ring (bicyclic) bond motifs is 7. The van der Waals surface area contributed by atoms with Gasteiger partial charge in [-0.15, -0.1) is 0 Å². The van der Waals surface area contributed by atoms with Gasteiger partial charge in [0.25, 0.3) is 0 Å². The summed E-state index contributed by atoms with van der Waals surface area (Å²) in [5.74, 6) is -7.50. The summed E-state index contributed by atoms with van der Waals surface area (Å²) < 4.78 is 6.21. The molecule has 0 amide bonds. The van der Waals surface area contributed by atoms with Gasteiger partial charge in [0, 0.05) is 43.4 Å². The van der Waals surface area contributed by atoms with Crippen LogP contribution in [0.15, 0.2) is 126 Å². The van der Waals surface area contributed by atoms with Crippen molar-refractivity contribution in [3.63, 3.8) is 0 Å². The zero-order valence-corrected chi connectivity index (χ0v) is 28.5. The monoisotopic (exact) mass is 724 g/mol. The molecule has 9 aromatic carbocycles. The normalized spacial score (nSPS) is 11.9. The van der Waals surface area contributed by atoms with E-state index in [4.69, 9.17) is 4.42 Å². The van der Waals surface area contributed by atoms with Gasteiger partial charge >= 0.3 is 0 Å². The largest absolute Gasteiger partial charge is 0.504 e. The molecule has 0 aliphatic heterocycles. The Labute approximate surface area is 310 Å². The highest BCUT2D eigenvalue weighted by Crippen LogP contribution is 2.62. The average molecular weight is 725 g/mol. The summed E-state index contributed by atoms with van der Waals surface area (Å²) in [6.07, 6.45) is 0. The summed E-state index contributed by atoms with van der Waals surface area (Å²) in [5, 5.41) is 95.4. The Kier molecular flexibility index (Phi) is 6.59. The van der Waals surface area contributed by atoms with E-state index in [0.717, 1.165) is 38.1 Å². The Morgan fingerprint density at radius 3 is 1.40 bits per heavy atom. The Hall–Kier alpha value is -7.78. The predicted molar refractivity (Wildman–Crippen MR) is 213 cm³/mol. The maximum Gasteiger partial charge on any atom is 0.204 e. The highest BCUT2D eigenvalue weighted by atomic mass is 16.4. The number of aromatic hydroxyl groups is 8. The fourth-order valence-corrected chi connectivity index (χ4v) is 8.13. The van der Waals surface area contributed by atoms with Crippen LogP contribution in [0.3, 0.4) is 0 Å². The van der Waals surface area contributed by atoms with Crippen LogP contribution >= 0.6 is 0 Å². The van der Waals surface area contributed by atoms with Crippen LogP contribution in [0.25, 0.3) is 98.4 Å². The molecule has 0 aliphatic carbocycles. The topological polar surface area (TPSA) is 175 Å². The number of furan rings is 1. The third-order valence-electron chi connectivity index (χ3n) is 10.7. The average Bonchev–Trinajstić information content (AvgIpc) is 3.57. The second-order valence-corrected chi connectivity index (χ2v) is 13.7. The first-order valence-electron chi connectivity index (χ1n) is 17.3. The number of hydrogen-bond acceptors (Lipinski definition) is 9. The standard InChI is InChI=1S/C46H28O9/c47-39-35-33(25-12-5-11-24(17-25)28-14-6-10-21-7-3-4-13-27(21)28)36-38(42(50)46(54)44(52)40(36)48)34(37(35)41(49)45(53)43(39)51)26-15-16-31-29(19-26)30-18-22-8-1-2-9-23(22)20-32(30)55-31/h1-20,47-54H. The summed E-state index contributed by atoms with van der Waals surface area (Å²) in [6, 6.07) is 37.5. The maximum absolute atomic E-state index is 11.7. The maximum atomic E-state index is 11.7. The zero-order valence-electron chi connectivity index (χ0n) is 28.5. The Bertz CT molecular complexity index is 3220. The van der Waals surface area contributed by atoms with Crippen molar-refractivity contribution in [1.82, 2.24) is 0 Å². The molecule has 266 valence electrons. The van der Waals surface area contributed by atoms with E-state index < -0.39 is 46.0 Å². The molecule has 0 radical (unpaired) electrons. The van der Waals surface area contributed by atoms with E-state index in [1.165, 1.54) is 0 Å². The molecule has 9 nitrogen and oxygen atoms in total. The van der Waals surface area contributed by atoms with Gasteiger partial charge in [-0.05, 0) is 74.1 Å². The minimum atomic E-state index is -1.03. The van der Waals surface area contributed by atoms with Crippen molar-refractivity contribution in [3.05, 3.63) is 121 Å². The Balaban J connectivity index is 1.37. The quantitative estimate of drug-likeness (QED) is 0.0501. The first kappa shape index (κ1) is 31.9. The van der Waals surface area contributed by atoms with Crippen molar-refractivity contribution < 1.29 is 45.3 Å². The van der Waals surface area contributed by atoms with Crippen molar-refractivity contribution in [2.24, 2.45) is 0 Å². The summed E-state index contributed by atoms with van der Waals surface area (Å²) in [5.41, 5.74) is 3.27. The van der Waals surface area contributed by atoms with Gasteiger partial charge in [-0.2, -0.15) is 0 Å². The Morgan fingerprint density at radius 1 is 0.309 bits per heavy atom. The molecule has 10 rings (SSSR count). The molecule has 0 spiro atoms. The molecule has 10 aromatic rings. The number of phenolic OH excluding ortho intramolecular Hbond substituents is 8. The van der Waals surface area contributed by atoms with Gasteiger partial charge in [0.2, 0.25) is 23.0 Å². The fraction of sp³-hybridized carbons (Fsp3) is 0. The molecule has 8 N–H and O–H groups in total. The molecule has 0 saturated carbocycles. The summed E-state index contributed by atoms with van der Waals surface area (Å²) in [7, 11) is 0. The van der Waals surface area contributed by atoms with E-state index in [1.54, 1.807) is 36.4 Å². The first-order chi connectivity index (χ1) is 26.6. The predicted octanol–water partition coefficient (Wildman–Crippen LogP) is 10.8. The molecular weight excluding hydrogens is 696 g/mol. The van der Waals surface area contributed by atoms with Crippen LogP contribution in [0.4, 0.5) is 0 Å². The molecule has 0 bridgehead atoms. The van der Waals surface area contributed by atoms with Gasteiger partial charge in [-0.1, -0.05) is 91.0 Å². The zero-order chi connectivity index (χ0) is 37.9. The van der Waals surface area contributed by atoms with Crippen LogP contribution in [-0.4, -0.2) is 40.9 Å². The first-order valence-corrected chi connectivity index (χ1v) is 17.3. The van der Waals surface area contributed by atoms with Gasteiger partial charge in [-0.3, -0.25) is 0 Å². The molecular formula is C46H28O9. The molecule has 1 heterocycles. The third-order valence-corrected chi connectivity index (χ3v) is 10.7. The molecule has 55 heavy (non-hydrogen) atoms. The van der Waals surface area contributed by atoms with Crippen LogP contribution in [0.5, 0.6) is 46.0 Å². The van der Waals surface area contributed by atoms with Crippen molar-refractivity contribution in [2.75, 3.05) is 0 Å². The SMILES string of the molecule is Oc1c(O)c(O)c2c(-c3ccc4oc5cc6ccccc6cc5c4c3)c3c(O)c(O)c(O)c(O)c3c(-c3cccc(-c4cccc5ccccc45)c3)c2c1O. The van der Waals surface area contributed by atoms with Gasteiger partial charge in [0.15, 0.2) is 23.0 Å². The second kappa shape index (κ2) is 11.4. The highest BCUT2D eigenvalue weighted by molar-refractivity contribution is 6.29. The van der Waals surface area contributed by atoms with Crippen molar-refractivity contribution in [1.29, 1.82) is 0 Å². The molecule has 0 aliphatic rings. The minimum Gasteiger partial charge on any atom is -0.504 e. The lowest BCUT2D eigenvalue weighted by atomic mass is 9.83. The summed E-state index contributed by atoms with van der Waals surface area (Å²) >= 11 is 0. The van der Waals surface area contributed by atoms with Gasteiger partial charge in [0.05, 0.1) is 0 Å². The van der Waals surface area contributed by atoms with Crippen molar-refractivity contribution >= 4 is 65.0 Å². The van der Waals surface area contributed by atoms with Crippen molar-refractivity contribution in [2.45, 2.75) is 0 Å². The number of hydrogen-bond donors (Lipinski definition) is 8. The lowest BCUT2D eigenvalue weighted by Gasteiger charge is -2.22. The van der Waals surface area contributed by atoms with Crippen LogP contribution in [-0.2, 0) is 0 Å². The summed E-state index contributed by atoms with van der Waals surface area (Å²) in [6.45, 7) is 0. The van der Waals surface area contributed by atoms with E-state index >= 15 is 0 Å². The lowest BCUT2D eigenvalue weighted by molar-refractivity contribution is 0.350. The van der Waals surface area contributed by atoms with E-state index in [2.05, 4.69) is 0 Å². The third kappa shape index (κ3) is 4.41. The minimum absolute atomic E-state index is 0.0247. The van der Waals surface area contributed by atoms with Crippen LogP contribution in [0.1, 0.15) is 0 Å². The lowest BCUT2D eigenvalue weighted by Crippen LogP contribution is -1.95. The highest BCUT2D eigenvalue weighted by Gasteiger charge is 2.32. The molecule has 1 aromatic heterocycles. The Morgan fingerprint density at radius 2 is 0.782 bits per heavy atom. The molecule has 0 unspecified atom stereocenters. The molecule has 0 saturated heterocycles. The van der Waals surface area contributed by atoms with Crippen LogP contribution < -0.4 is 0 Å².